The van der Waals surface area contributed by atoms with Crippen molar-refractivity contribution in [2.75, 3.05) is 18.1 Å². The van der Waals surface area contributed by atoms with Gasteiger partial charge in [-0.15, -0.1) is 0 Å². The molecule has 2 aromatic carbocycles. The quantitative estimate of drug-likeness (QED) is 0.252. The maximum Gasteiger partial charge on any atom is 0.303 e. The van der Waals surface area contributed by atoms with Gasteiger partial charge in [-0.3, -0.25) is 18.9 Å². The van der Waals surface area contributed by atoms with Crippen LogP contribution < -0.4 is 20.5 Å². The highest BCUT2D eigenvalue weighted by molar-refractivity contribution is 7.85. The van der Waals surface area contributed by atoms with Crippen molar-refractivity contribution in [2.24, 2.45) is 0 Å². The van der Waals surface area contributed by atoms with Gasteiger partial charge in [-0.05, 0) is 49.1 Å². The molecule has 0 saturated heterocycles. The van der Waals surface area contributed by atoms with E-state index in [4.69, 9.17) is 9.84 Å². The summed E-state index contributed by atoms with van der Waals surface area (Å²) in [6.45, 7) is 6.56. The van der Waals surface area contributed by atoms with Gasteiger partial charge in [0.1, 0.15) is 0 Å². The van der Waals surface area contributed by atoms with Gasteiger partial charge < -0.3 is 14.7 Å². The Labute approximate surface area is 204 Å². The van der Waals surface area contributed by atoms with Gasteiger partial charge in [0.05, 0.1) is 17.1 Å². The van der Waals surface area contributed by atoms with E-state index in [9.17, 15) is 27.4 Å². The van der Waals surface area contributed by atoms with Crippen molar-refractivity contribution in [1.29, 1.82) is 0 Å². The molecule has 0 fully saturated rings. The molecule has 1 aliphatic rings. The Morgan fingerprint density at radius 3 is 2.46 bits per heavy atom. The molecule has 0 spiro atoms. The Morgan fingerprint density at radius 1 is 1.11 bits per heavy atom. The highest BCUT2D eigenvalue weighted by Gasteiger charge is 2.41. The molecule has 2 N–H and O–H groups in total. The van der Waals surface area contributed by atoms with Gasteiger partial charge in [-0.1, -0.05) is 33.6 Å². The van der Waals surface area contributed by atoms with Crippen LogP contribution >= 0.6 is 0 Å². The van der Waals surface area contributed by atoms with E-state index in [1.165, 1.54) is 12.1 Å². The number of fused-ring (bicyclic) bond motifs is 1. The summed E-state index contributed by atoms with van der Waals surface area (Å²) in [6, 6.07) is 4.35. The van der Waals surface area contributed by atoms with Gasteiger partial charge in [0.25, 0.3) is 15.5 Å². The van der Waals surface area contributed by atoms with E-state index in [1.54, 1.807) is 12.1 Å². The SMILES string of the molecule is CCCCOc1c(C=C2N(CCCCCC(=O)O)c3ccc(S(=O)(=O)O)cc3C2(C)C)c(=O)c1=O. The number of benzene rings is 1. The number of carboxylic acids is 1. The minimum absolute atomic E-state index is 0.0442. The molecule has 0 amide bonds. The normalized spacial score (nSPS) is 16.1. The Morgan fingerprint density at radius 2 is 1.83 bits per heavy atom. The predicted molar refractivity (Wildman–Crippen MR) is 132 cm³/mol. The molecule has 1 aliphatic heterocycles. The van der Waals surface area contributed by atoms with Crippen LogP contribution in [-0.4, -0.2) is 37.2 Å². The lowest BCUT2D eigenvalue weighted by Crippen LogP contribution is -2.36. The summed E-state index contributed by atoms with van der Waals surface area (Å²) in [4.78, 5) is 37.1. The van der Waals surface area contributed by atoms with Crippen LogP contribution in [-0.2, 0) is 20.3 Å². The van der Waals surface area contributed by atoms with E-state index in [1.807, 2.05) is 25.7 Å². The van der Waals surface area contributed by atoms with Crippen molar-refractivity contribution in [1.82, 2.24) is 0 Å². The molecule has 3 rings (SSSR count). The second-order valence-electron chi connectivity index (χ2n) is 9.27. The maximum absolute atomic E-state index is 12.4. The molecule has 2 aromatic rings. The van der Waals surface area contributed by atoms with E-state index >= 15 is 0 Å². The predicted octanol–water partition coefficient (Wildman–Crippen LogP) is 3.49. The van der Waals surface area contributed by atoms with E-state index in [0.717, 1.165) is 18.5 Å². The molecular weight excluding hydrogens is 474 g/mol. The van der Waals surface area contributed by atoms with Crippen molar-refractivity contribution in [3.63, 3.8) is 0 Å². The van der Waals surface area contributed by atoms with Crippen LogP contribution in [0.15, 0.2) is 38.4 Å². The van der Waals surface area contributed by atoms with Crippen molar-refractivity contribution in [3.05, 3.63) is 55.5 Å². The van der Waals surface area contributed by atoms with Crippen LogP contribution in [0.1, 0.15) is 70.4 Å². The molecular formula is C25H31NO8S. The summed E-state index contributed by atoms with van der Waals surface area (Å²) >= 11 is 0. The van der Waals surface area contributed by atoms with E-state index in [2.05, 4.69) is 0 Å². The maximum atomic E-state index is 12.4. The molecule has 0 atom stereocenters. The highest BCUT2D eigenvalue weighted by Crippen LogP contribution is 2.49. The van der Waals surface area contributed by atoms with E-state index < -0.39 is 32.4 Å². The number of nitrogens with zero attached hydrogens (tertiary/aromatic N) is 1. The highest BCUT2D eigenvalue weighted by atomic mass is 32.2. The fraction of sp³-hybridized carbons (Fsp3) is 0.480. The molecule has 0 aliphatic carbocycles. The van der Waals surface area contributed by atoms with Gasteiger partial charge in [-0.2, -0.15) is 8.42 Å². The summed E-state index contributed by atoms with van der Waals surface area (Å²) in [5.41, 5.74) is 0.206. The first-order valence-corrected chi connectivity index (χ1v) is 13.1. The Hall–Kier alpha value is -2.98. The van der Waals surface area contributed by atoms with Crippen LogP contribution in [0.3, 0.4) is 0 Å². The number of hydrogen-bond acceptors (Lipinski definition) is 7. The van der Waals surface area contributed by atoms with Crippen molar-refractivity contribution >= 4 is 27.9 Å². The van der Waals surface area contributed by atoms with E-state index in [0.29, 0.717) is 43.7 Å². The third kappa shape index (κ3) is 5.48. The minimum atomic E-state index is -4.42. The molecule has 190 valence electrons. The Bertz CT molecular complexity index is 1320. The molecule has 9 nitrogen and oxygen atoms in total. The first-order valence-electron chi connectivity index (χ1n) is 11.7. The zero-order chi connectivity index (χ0) is 26.0. The monoisotopic (exact) mass is 505 g/mol. The molecule has 0 bridgehead atoms. The molecule has 0 radical (unpaired) electrons. The second kappa shape index (κ2) is 10.3. The summed E-state index contributed by atoms with van der Waals surface area (Å²) in [5.74, 6) is -0.811. The third-order valence-corrected chi connectivity index (χ3v) is 7.21. The lowest BCUT2D eigenvalue weighted by molar-refractivity contribution is -0.137. The van der Waals surface area contributed by atoms with E-state index in [-0.39, 0.29) is 22.6 Å². The Balaban J connectivity index is 2.02. The average molecular weight is 506 g/mol. The number of rotatable bonds is 12. The average Bonchev–Trinajstić information content (AvgIpc) is 3.00. The van der Waals surface area contributed by atoms with Gasteiger partial charge in [0.2, 0.25) is 5.43 Å². The largest absolute Gasteiger partial charge is 0.489 e. The van der Waals surface area contributed by atoms with Crippen molar-refractivity contribution < 1.29 is 27.6 Å². The van der Waals surface area contributed by atoms with Crippen LogP contribution in [0.2, 0.25) is 0 Å². The summed E-state index contributed by atoms with van der Waals surface area (Å²) in [7, 11) is -4.42. The first-order chi connectivity index (χ1) is 16.4. The molecule has 0 saturated carbocycles. The van der Waals surface area contributed by atoms with Gasteiger partial charge in [0.15, 0.2) is 5.75 Å². The van der Waals surface area contributed by atoms with Gasteiger partial charge in [-0.25, -0.2) is 0 Å². The number of anilines is 1. The smallest absolute Gasteiger partial charge is 0.303 e. The van der Waals surface area contributed by atoms with Crippen LogP contribution in [0.25, 0.3) is 6.08 Å². The number of aliphatic carboxylic acids is 1. The zero-order valence-corrected chi connectivity index (χ0v) is 21.0. The fourth-order valence-electron chi connectivity index (χ4n) is 4.36. The molecule has 10 heteroatoms. The third-order valence-electron chi connectivity index (χ3n) is 6.36. The number of carbonyl (C=O) groups is 1. The summed E-state index contributed by atoms with van der Waals surface area (Å²) in [5, 5.41) is 8.87. The standard InChI is InChI=1S/C25H31NO8S/c1-4-5-13-34-24-17(22(29)23(24)30)15-20-25(2,3)18-14-16(35(31,32)33)10-11-19(18)26(20)12-8-6-7-9-21(27)28/h10-11,14-15H,4-9,12-13H2,1-3H3,(H,27,28)(H,31,32,33). The Kier molecular flexibility index (Phi) is 7.86. The number of ether oxygens (including phenoxy) is 1. The zero-order valence-electron chi connectivity index (χ0n) is 20.2. The number of hydrogen-bond donors (Lipinski definition) is 2. The number of allylic oxidation sites excluding steroid dienone is 1. The number of carboxylic acid groups (broad SMARTS) is 1. The van der Waals surface area contributed by atoms with Gasteiger partial charge >= 0.3 is 5.97 Å². The molecule has 0 unspecified atom stereocenters. The lowest BCUT2D eigenvalue weighted by Gasteiger charge is -2.28. The molecule has 0 aromatic heterocycles. The summed E-state index contributed by atoms with van der Waals surface area (Å²) in [6.07, 6.45) is 5.17. The summed E-state index contributed by atoms with van der Waals surface area (Å²) < 4.78 is 38.7. The second-order valence-corrected chi connectivity index (χ2v) is 10.7. The van der Waals surface area contributed by atoms with Crippen LogP contribution in [0.4, 0.5) is 5.69 Å². The first kappa shape index (κ1) is 26.6. The number of unbranched alkanes of at least 4 members (excludes halogenated alkanes) is 3. The fourth-order valence-corrected chi connectivity index (χ4v) is 4.86. The molecule has 35 heavy (non-hydrogen) atoms. The van der Waals surface area contributed by atoms with Crippen LogP contribution in [0, 0.1) is 0 Å². The van der Waals surface area contributed by atoms with Crippen LogP contribution in [0.5, 0.6) is 5.75 Å². The van der Waals surface area contributed by atoms with Crippen molar-refractivity contribution in [3.8, 4) is 5.75 Å². The minimum Gasteiger partial charge on any atom is -0.489 e. The topological polar surface area (TPSA) is 138 Å². The molecule has 1 heterocycles. The lowest BCUT2D eigenvalue weighted by atomic mass is 9.83. The van der Waals surface area contributed by atoms with Gasteiger partial charge in [0, 0.05) is 29.8 Å². The van der Waals surface area contributed by atoms with Crippen molar-refractivity contribution in [2.45, 2.75) is 69.6 Å².